The zero-order valence-electron chi connectivity index (χ0n) is 14.6. The monoisotopic (exact) mass is 369 g/mol. The number of para-hydroxylation sites is 1. The molecule has 0 radical (unpaired) electrons. The van der Waals surface area contributed by atoms with E-state index in [1.807, 2.05) is 49.4 Å². The van der Waals surface area contributed by atoms with E-state index in [1.54, 1.807) is 21.8 Å². The largest absolute Gasteiger partial charge is 0.465 e. The first-order chi connectivity index (χ1) is 12.6. The number of esters is 1. The highest BCUT2D eigenvalue weighted by atomic mass is 32.1. The average molecular weight is 369 g/mol. The molecule has 3 rings (SSSR count). The summed E-state index contributed by atoms with van der Waals surface area (Å²) in [5.74, 6) is -0.396. The van der Waals surface area contributed by atoms with Crippen LogP contribution in [0.4, 0.5) is 5.69 Å². The maximum absolute atomic E-state index is 12.6. The molecule has 0 aliphatic rings. The van der Waals surface area contributed by atoms with Crippen LogP contribution in [-0.2, 0) is 16.1 Å². The summed E-state index contributed by atoms with van der Waals surface area (Å²) in [4.78, 5) is 27.3. The summed E-state index contributed by atoms with van der Waals surface area (Å²) >= 11 is 1.31. The van der Waals surface area contributed by atoms with E-state index in [9.17, 15) is 9.59 Å². The van der Waals surface area contributed by atoms with Crippen molar-refractivity contribution in [2.75, 3.05) is 18.6 Å². The molecule has 0 bridgehead atoms. The molecule has 0 aliphatic heterocycles. The van der Waals surface area contributed by atoms with E-state index in [2.05, 4.69) is 5.10 Å². The molecule has 26 heavy (non-hydrogen) atoms. The van der Waals surface area contributed by atoms with E-state index in [0.717, 1.165) is 16.3 Å². The minimum atomic E-state index is -0.364. The maximum atomic E-state index is 12.6. The van der Waals surface area contributed by atoms with Crippen LogP contribution in [0.5, 0.6) is 0 Å². The number of anilines is 1. The maximum Gasteiger partial charge on any atom is 0.348 e. The number of likely N-dealkylation sites (N-methyl/N-ethyl adjacent to an activating group) is 1. The van der Waals surface area contributed by atoms with Crippen LogP contribution >= 0.6 is 11.3 Å². The van der Waals surface area contributed by atoms with Crippen LogP contribution < -0.4 is 4.90 Å². The van der Waals surface area contributed by atoms with Gasteiger partial charge in [0.1, 0.15) is 17.1 Å². The molecule has 0 atom stereocenters. The number of hydrogen-bond acceptors (Lipinski definition) is 5. The summed E-state index contributed by atoms with van der Waals surface area (Å²) < 4.78 is 6.33. The zero-order chi connectivity index (χ0) is 18.5. The highest BCUT2D eigenvalue weighted by Gasteiger charge is 2.16. The standard InChI is InChI=1S/C19H19N3O3S/c1-3-22(14-7-5-4-6-8-14)18(23)13-21-12-11-15(20-21)16-9-10-17(26-16)19(24)25-2/h4-12H,3,13H2,1-2H3. The van der Waals surface area contributed by atoms with Crippen LogP contribution in [-0.4, -0.2) is 35.3 Å². The molecule has 1 aromatic carbocycles. The SMILES string of the molecule is CCN(C(=O)Cn1ccc(-c2ccc(C(=O)OC)s2)n1)c1ccccc1. The lowest BCUT2D eigenvalue weighted by Gasteiger charge is -2.20. The Bertz CT molecular complexity index is 902. The summed E-state index contributed by atoms with van der Waals surface area (Å²) in [7, 11) is 1.36. The smallest absolute Gasteiger partial charge is 0.348 e. The predicted octanol–water partition coefficient (Wildman–Crippen LogP) is 3.45. The van der Waals surface area contributed by atoms with Crippen molar-refractivity contribution in [1.29, 1.82) is 0 Å². The van der Waals surface area contributed by atoms with E-state index in [1.165, 1.54) is 18.4 Å². The number of methoxy groups -OCH3 is 1. The third kappa shape index (κ3) is 3.83. The minimum Gasteiger partial charge on any atom is -0.465 e. The lowest BCUT2D eigenvalue weighted by atomic mass is 10.3. The highest BCUT2D eigenvalue weighted by molar-refractivity contribution is 7.17. The summed E-state index contributed by atoms with van der Waals surface area (Å²) in [6.07, 6.45) is 1.77. The van der Waals surface area contributed by atoms with Gasteiger partial charge < -0.3 is 9.64 Å². The molecule has 6 nitrogen and oxygen atoms in total. The molecule has 0 unspecified atom stereocenters. The van der Waals surface area contributed by atoms with E-state index in [4.69, 9.17) is 4.74 Å². The summed E-state index contributed by atoms with van der Waals surface area (Å²) in [6, 6.07) is 14.9. The van der Waals surface area contributed by atoms with Crippen LogP contribution in [0.1, 0.15) is 16.6 Å². The predicted molar refractivity (Wildman–Crippen MR) is 101 cm³/mol. The Morgan fingerprint density at radius 3 is 2.62 bits per heavy atom. The molecular weight excluding hydrogens is 350 g/mol. The lowest BCUT2D eigenvalue weighted by molar-refractivity contribution is -0.119. The highest BCUT2D eigenvalue weighted by Crippen LogP contribution is 2.27. The van der Waals surface area contributed by atoms with Crippen molar-refractivity contribution < 1.29 is 14.3 Å². The first-order valence-corrected chi connectivity index (χ1v) is 9.01. The van der Waals surface area contributed by atoms with Crippen molar-refractivity contribution >= 4 is 28.9 Å². The van der Waals surface area contributed by atoms with Gasteiger partial charge >= 0.3 is 5.97 Å². The Kier molecular flexibility index (Phi) is 5.48. The van der Waals surface area contributed by atoms with Gasteiger partial charge in [0.25, 0.3) is 0 Å². The fourth-order valence-corrected chi connectivity index (χ4v) is 3.49. The van der Waals surface area contributed by atoms with E-state index >= 15 is 0 Å². The first kappa shape index (κ1) is 17.9. The molecule has 0 saturated carbocycles. The Morgan fingerprint density at radius 1 is 1.15 bits per heavy atom. The first-order valence-electron chi connectivity index (χ1n) is 8.19. The van der Waals surface area contributed by atoms with Gasteiger partial charge in [0.15, 0.2) is 0 Å². The van der Waals surface area contributed by atoms with Crippen molar-refractivity contribution in [3.63, 3.8) is 0 Å². The molecule has 1 amide bonds. The Hall–Kier alpha value is -2.93. The number of nitrogens with zero attached hydrogens (tertiary/aromatic N) is 3. The van der Waals surface area contributed by atoms with Gasteiger partial charge in [0.05, 0.1) is 12.0 Å². The van der Waals surface area contributed by atoms with Crippen LogP contribution in [0.15, 0.2) is 54.7 Å². The van der Waals surface area contributed by atoms with Crippen molar-refractivity contribution in [2.45, 2.75) is 13.5 Å². The number of hydrogen-bond donors (Lipinski definition) is 0. The Morgan fingerprint density at radius 2 is 1.92 bits per heavy atom. The van der Waals surface area contributed by atoms with Gasteiger partial charge in [-0.3, -0.25) is 9.48 Å². The Labute approximate surface area is 155 Å². The number of carbonyl (C=O) groups excluding carboxylic acids is 2. The number of amides is 1. The second kappa shape index (κ2) is 7.97. The summed E-state index contributed by atoms with van der Waals surface area (Å²) in [5, 5.41) is 4.46. The fraction of sp³-hybridized carbons (Fsp3) is 0.211. The molecule has 0 N–H and O–H groups in total. The number of ether oxygens (including phenoxy) is 1. The van der Waals surface area contributed by atoms with Gasteiger partial charge in [-0.1, -0.05) is 18.2 Å². The molecule has 2 aromatic heterocycles. The molecule has 0 aliphatic carbocycles. The van der Waals surface area contributed by atoms with Crippen LogP contribution in [0.3, 0.4) is 0 Å². The van der Waals surface area contributed by atoms with E-state index in [0.29, 0.717) is 11.4 Å². The second-order valence-corrected chi connectivity index (χ2v) is 6.61. The quantitative estimate of drug-likeness (QED) is 0.624. The molecule has 0 fully saturated rings. The van der Waals surface area contributed by atoms with Gasteiger partial charge in [-0.25, -0.2) is 4.79 Å². The number of carbonyl (C=O) groups is 2. The Balaban J connectivity index is 1.72. The fourth-order valence-electron chi connectivity index (χ4n) is 2.60. The van der Waals surface area contributed by atoms with Gasteiger partial charge in [0, 0.05) is 18.4 Å². The van der Waals surface area contributed by atoms with E-state index in [-0.39, 0.29) is 18.4 Å². The molecular formula is C19H19N3O3S. The van der Waals surface area contributed by atoms with Gasteiger partial charge in [-0.05, 0) is 37.3 Å². The summed E-state index contributed by atoms with van der Waals surface area (Å²) in [6.45, 7) is 2.68. The third-order valence-electron chi connectivity index (χ3n) is 3.87. The molecule has 2 heterocycles. The molecule has 7 heteroatoms. The second-order valence-electron chi connectivity index (χ2n) is 5.53. The van der Waals surface area contributed by atoms with Gasteiger partial charge in [-0.15, -0.1) is 11.3 Å². The van der Waals surface area contributed by atoms with E-state index < -0.39 is 0 Å². The van der Waals surface area contributed by atoms with Gasteiger partial charge in [-0.2, -0.15) is 5.10 Å². The van der Waals surface area contributed by atoms with Crippen molar-refractivity contribution in [3.05, 3.63) is 59.6 Å². The van der Waals surface area contributed by atoms with Crippen LogP contribution in [0, 0.1) is 0 Å². The van der Waals surface area contributed by atoms with Crippen molar-refractivity contribution in [2.24, 2.45) is 0 Å². The number of aromatic nitrogens is 2. The molecule has 3 aromatic rings. The third-order valence-corrected chi connectivity index (χ3v) is 4.96. The van der Waals surface area contributed by atoms with Crippen molar-refractivity contribution in [3.8, 4) is 10.6 Å². The number of benzene rings is 1. The zero-order valence-corrected chi connectivity index (χ0v) is 15.4. The minimum absolute atomic E-state index is 0.0326. The van der Waals surface area contributed by atoms with Crippen LogP contribution in [0.2, 0.25) is 0 Å². The number of thiophene rings is 1. The normalized spacial score (nSPS) is 10.5. The molecule has 134 valence electrons. The number of rotatable bonds is 6. The average Bonchev–Trinajstić information content (AvgIpc) is 3.32. The molecule has 0 spiro atoms. The van der Waals surface area contributed by atoms with Crippen LogP contribution in [0.25, 0.3) is 10.6 Å². The van der Waals surface area contributed by atoms with Gasteiger partial charge in [0.2, 0.25) is 5.91 Å². The molecule has 0 saturated heterocycles. The van der Waals surface area contributed by atoms with Crippen molar-refractivity contribution in [1.82, 2.24) is 9.78 Å². The lowest BCUT2D eigenvalue weighted by Crippen LogP contribution is -2.33. The summed E-state index contributed by atoms with van der Waals surface area (Å²) in [5.41, 5.74) is 1.59. The topological polar surface area (TPSA) is 64.4 Å².